The maximum atomic E-state index is 13.1. The second-order valence-corrected chi connectivity index (χ2v) is 7.31. The third kappa shape index (κ3) is 5.26. The SMILES string of the molecule is CC[C@H](NC(=O)c1ccccc1CCc1ccccc1)c1ccc(OC)c(C)c1. The molecule has 150 valence electrons. The number of benzene rings is 3. The zero-order valence-electron chi connectivity index (χ0n) is 17.4. The molecule has 0 aliphatic rings. The first kappa shape index (κ1) is 20.7. The van der Waals surface area contributed by atoms with Crippen molar-refractivity contribution < 1.29 is 9.53 Å². The van der Waals surface area contributed by atoms with Crippen LogP contribution in [0.3, 0.4) is 0 Å². The van der Waals surface area contributed by atoms with Crippen LogP contribution in [0.25, 0.3) is 0 Å². The molecular weight excluding hydrogens is 358 g/mol. The molecule has 3 heteroatoms. The molecular formula is C26H29NO2. The Morgan fingerprint density at radius 1 is 0.966 bits per heavy atom. The zero-order chi connectivity index (χ0) is 20.6. The van der Waals surface area contributed by atoms with Gasteiger partial charge in [-0.25, -0.2) is 0 Å². The lowest BCUT2D eigenvalue weighted by Gasteiger charge is -2.20. The number of carbonyl (C=O) groups is 1. The first-order valence-corrected chi connectivity index (χ1v) is 10.2. The predicted octanol–water partition coefficient (Wildman–Crippen LogP) is 5.67. The molecule has 0 heterocycles. The summed E-state index contributed by atoms with van der Waals surface area (Å²) in [6.07, 6.45) is 2.58. The van der Waals surface area contributed by atoms with Crippen LogP contribution >= 0.6 is 0 Å². The predicted molar refractivity (Wildman–Crippen MR) is 119 cm³/mol. The van der Waals surface area contributed by atoms with Gasteiger partial charge in [0, 0.05) is 5.56 Å². The molecule has 0 spiro atoms. The van der Waals surface area contributed by atoms with Crippen molar-refractivity contribution in [3.8, 4) is 5.75 Å². The molecule has 1 N–H and O–H groups in total. The number of ether oxygens (including phenoxy) is 1. The van der Waals surface area contributed by atoms with E-state index in [-0.39, 0.29) is 11.9 Å². The highest BCUT2D eigenvalue weighted by molar-refractivity contribution is 5.96. The van der Waals surface area contributed by atoms with E-state index in [1.54, 1.807) is 7.11 Å². The van der Waals surface area contributed by atoms with Crippen molar-refractivity contribution in [1.82, 2.24) is 5.32 Å². The van der Waals surface area contributed by atoms with E-state index in [0.717, 1.165) is 47.3 Å². The summed E-state index contributed by atoms with van der Waals surface area (Å²) in [4.78, 5) is 13.1. The molecule has 1 atom stereocenters. The van der Waals surface area contributed by atoms with E-state index in [4.69, 9.17) is 4.74 Å². The Morgan fingerprint density at radius 3 is 2.38 bits per heavy atom. The van der Waals surface area contributed by atoms with Gasteiger partial charge in [-0.2, -0.15) is 0 Å². The van der Waals surface area contributed by atoms with E-state index in [9.17, 15) is 4.79 Å². The van der Waals surface area contributed by atoms with Gasteiger partial charge < -0.3 is 10.1 Å². The van der Waals surface area contributed by atoms with Crippen LogP contribution in [0.5, 0.6) is 5.75 Å². The Bertz CT molecular complexity index is 950. The smallest absolute Gasteiger partial charge is 0.252 e. The summed E-state index contributed by atoms with van der Waals surface area (Å²) in [5.74, 6) is 0.843. The number of nitrogens with one attached hydrogen (secondary N) is 1. The number of aryl methyl sites for hydroxylation is 3. The monoisotopic (exact) mass is 387 g/mol. The molecule has 3 aromatic rings. The molecule has 0 saturated carbocycles. The molecule has 0 saturated heterocycles. The van der Waals surface area contributed by atoms with Gasteiger partial charge in [0.2, 0.25) is 0 Å². The summed E-state index contributed by atoms with van der Waals surface area (Å²) >= 11 is 0. The molecule has 3 nitrogen and oxygen atoms in total. The average molecular weight is 388 g/mol. The Labute approximate surface area is 173 Å². The van der Waals surface area contributed by atoms with Crippen molar-refractivity contribution in [2.75, 3.05) is 7.11 Å². The third-order valence-electron chi connectivity index (χ3n) is 5.32. The lowest BCUT2D eigenvalue weighted by Crippen LogP contribution is -2.29. The van der Waals surface area contributed by atoms with E-state index < -0.39 is 0 Å². The largest absolute Gasteiger partial charge is 0.496 e. The Hall–Kier alpha value is -3.07. The van der Waals surface area contributed by atoms with Crippen LogP contribution in [0.1, 0.15) is 52.0 Å². The lowest BCUT2D eigenvalue weighted by molar-refractivity contribution is 0.0934. The molecule has 0 radical (unpaired) electrons. The summed E-state index contributed by atoms with van der Waals surface area (Å²) in [5.41, 5.74) is 5.28. The highest BCUT2D eigenvalue weighted by atomic mass is 16.5. The van der Waals surface area contributed by atoms with Crippen LogP contribution in [0.15, 0.2) is 72.8 Å². The van der Waals surface area contributed by atoms with Crippen molar-refractivity contribution in [3.05, 3.63) is 101 Å². The molecule has 0 aliphatic heterocycles. The van der Waals surface area contributed by atoms with Crippen LogP contribution in [-0.4, -0.2) is 13.0 Å². The van der Waals surface area contributed by atoms with Gasteiger partial charge in [-0.15, -0.1) is 0 Å². The standard InChI is InChI=1S/C26H29NO2/c1-4-24(22-16-17-25(29-3)19(2)18-22)27-26(28)23-13-9-8-12-21(23)15-14-20-10-6-5-7-11-20/h5-13,16-18,24H,4,14-15H2,1-3H3,(H,27,28)/t24-/m0/s1. The van der Waals surface area contributed by atoms with Gasteiger partial charge in [-0.1, -0.05) is 67.6 Å². The third-order valence-corrected chi connectivity index (χ3v) is 5.32. The van der Waals surface area contributed by atoms with Gasteiger partial charge in [0.15, 0.2) is 0 Å². The minimum absolute atomic E-state index is 0.0195. The van der Waals surface area contributed by atoms with Crippen molar-refractivity contribution in [1.29, 1.82) is 0 Å². The molecule has 1 amide bonds. The van der Waals surface area contributed by atoms with Crippen molar-refractivity contribution in [2.45, 2.75) is 39.2 Å². The van der Waals surface area contributed by atoms with E-state index in [2.05, 4.69) is 48.6 Å². The number of hydrogen-bond acceptors (Lipinski definition) is 2. The zero-order valence-corrected chi connectivity index (χ0v) is 17.4. The topological polar surface area (TPSA) is 38.3 Å². The number of carbonyl (C=O) groups excluding carboxylic acids is 1. The molecule has 0 aromatic heterocycles. The van der Waals surface area contributed by atoms with Gasteiger partial charge in [-0.05, 0) is 60.6 Å². The van der Waals surface area contributed by atoms with E-state index in [1.807, 2.05) is 43.3 Å². The van der Waals surface area contributed by atoms with Gasteiger partial charge in [0.25, 0.3) is 5.91 Å². The van der Waals surface area contributed by atoms with Gasteiger partial charge in [0.1, 0.15) is 5.75 Å². The van der Waals surface area contributed by atoms with Gasteiger partial charge in [-0.3, -0.25) is 4.79 Å². The first-order valence-electron chi connectivity index (χ1n) is 10.2. The molecule has 0 aliphatic carbocycles. The quantitative estimate of drug-likeness (QED) is 0.541. The maximum absolute atomic E-state index is 13.1. The normalized spacial score (nSPS) is 11.7. The van der Waals surface area contributed by atoms with Crippen LogP contribution in [0.4, 0.5) is 0 Å². The minimum Gasteiger partial charge on any atom is -0.496 e. The fourth-order valence-corrected chi connectivity index (χ4v) is 3.66. The Kier molecular flexibility index (Phi) is 7.07. The van der Waals surface area contributed by atoms with Crippen LogP contribution < -0.4 is 10.1 Å². The van der Waals surface area contributed by atoms with E-state index >= 15 is 0 Å². The number of hydrogen-bond donors (Lipinski definition) is 1. The van der Waals surface area contributed by atoms with E-state index in [0.29, 0.717) is 0 Å². The molecule has 0 unspecified atom stereocenters. The van der Waals surface area contributed by atoms with Crippen LogP contribution in [0.2, 0.25) is 0 Å². The Balaban J connectivity index is 1.75. The first-order chi connectivity index (χ1) is 14.1. The summed E-state index contributed by atoms with van der Waals surface area (Å²) < 4.78 is 5.36. The van der Waals surface area contributed by atoms with Crippen LogP contribution in [0, 0.1) is 6.92 Å². The molecule has 3 aromatic carbocycles. The van der Waals surface area contributed by atoms with E-state index in [1.165, 1.54) is 5.56 Å². The Morgan fingerprint density at radius 2 is 1.69 bits per heavy atom. The molecule has 3 rings (SSSR count). The van der Waals surface area contributed by atoms with Crippen molar-refractivity contribution in [3.63, 3.8) is 0 Å². The highest BCUT2D eigenvalue weighted by Gasteiger charge is 2.17. The lowest BCUT2D eigenvalue weighted by atomic mass is 9.98. The van der Waals surface area contributed by atoms with Gasteiger partial charge >= 0.3 is 0 Å². The fourth-order valence-electron chi connectivity index (χ4n) is 3.66. The van der Waals surface area contributed by atoms with Crippen molar-refractivity contribution >= 4 is 5.91 Å². The highest BCUT2D eigenvalue weighted by Crippen LogP contribution is 2.25. The summed E-state index contributed by atoms with van der Waals surface area (Å²) in [6, 6.07) is 24.3. The minimum atomic E-state index is -0.0331. The summed E-state index contributed by atoms with van der Waals surface area (Å²) in [7, 11) is 1.67. The fraction of sp³-hybridized carbons (Fsp3) is 0.269. The molecule has 0 fully saturated rings. The number of rotatable bonds is 8. The number of methoxy groups -OCH3 is 1. The van der Waals surface area contributed by atoms with Crippen molar-refractivity contribution in [2.24, 2.45) is 0 Å². The van der Waals surface area contributed by atoms with Gasteiger partial charge in [0.05, 0.1) is 13.2 Å². The van der Waals surface area contributed by atoms with Crippen LogP contribution in [-0.2, 0) is 12.8 Å². The maximum Gasteiger partial charge on any atom is 0.252 e. The average Bonchev–Trinajstić information content (AvgIpc) is 2.76. The summed E-state index contributed by atoms with van der Waals surface area (Å²) in [6.45, 7) is 4.11. The second-order valence-electron chi connectivity index (χ2n) is 7.31. The summed E-state index contributed by atoms with van der Waals surface area (Å²) in [5, 5.41) is 3.22. The molecule has 29 heavy (non-hydrogen) atoms. The second kappa shape index (κ2) is 9.92. The number of amides is 1. The molecule has 0 bridgehead atoms.